The molecule has 10 nitrogen and oxygen atoms in total. The van der Waals surface area contributed by atoms with Crippen LogP contribution in [0.5, 0.6) is 0 Å². The van der Waals surface area contributed by atoms with Crippen LogP contribution in [-0.4, -0.2) is 63.3 Å². The number of oxime groups is 2. The topological polar surface area (TPSA) is 130 Å². The first kappa shape index (κ1) is 33.8. The van der Waals surface area contributed by atoms with Crippen LogP contribution in [0.2, 0.25) is 0 Å². The van der Waals surface area contributed by atoms with Crippen molar-refractivity contribution >= 4 is 44.2 Å². The van der Waals surface area contributed by atoms with E-state index in [1.54, 1.807) is 6.92 Å². The molecule has 0 heterocycles. The summed E-state index contributed by atoms with van der Waals surface area (Å²) in [7, 11) is -1.78. The predicted molar refractivity (Wildman–Crippen MR) is 138 cm³/mol. The van der Waals surface area contributed by atoms with E-state index in [0.717, 1.165) is 24.8 Å². The summed E-state index contributed by atoms with van der Waals surface area (Å²) in [6.45, 7) is 6.93. The highest BCUT2D eigenvalue weighted by Gasteiger charge is 2.33. The number of para-hydroxylation sites is 1. The van der Waals surface area contributed by atoms with E-state index in [1.807, 2.05) is 13.8 Å². The van der Waals surface area contributed by atoms with Gasteiger partial charge >= 0.3 is 10.1 Å². The maximum atomic E-state index is 14.0. The van der Waals surface area contributed by atoms with Gasteiger partial charge in [0.2, 0.25) is 0 Å². The van der Waals surface area contributed by atoms with Crippen molar-refractivity contribution < 1.29 is 36.0 Å². The van der Waals surface area contributed by atoms with Crippen LogP contribution in [0.1, 0.15) is 40.5 Å². The number of hydrogen-bond donors (Lipinski definition) is 0. The Bertz CT molecular complexity index is 953. The molecular formula is C22H34BrF2N3O7S. The van der Waals surface area contributed by atoms with Crippen molar-refractivity contribution in [1.82, 2.24) is 0 Å². The third kappa shape index (κ3) is 11.2. The molecule has 0 spiro atoms. The van der Waals surface area contributed by atoms with Crippen molar-refractivity contribution in [3.63, 3.8) is 0 Å². The SMILES string of the molecule is CC[C@@H](OS(=O)(=O)c1ccccc1[N+](=O)[O-])[C@@H](C)[C@H](F)C=NOC.CC[C@H](Br)[C@@H](C)[C@H](F)C=NOC. The van der Waals surface area contributed by atoms with Crippen LogP contribution < -0.4 is 0 Å². The normalized spacial score (nSPS) is 16.9. The fraction of sp³-hybridized carbons (Fsp3) is 0.636. The van der Waals surface area contributed by atoms with E-state index in [4.69, 9.17) is 4.18 Å². The summed E-state index contributed by atoms with van der Waals surface area (Å²) in [6.07, 6.45) is -0.494. The highest BCUT2D eigenvalue weighted by molar-refractivity contribution is 9.09. The second-order valence-corrected chi connectivity index (χ2v) is 10.3. The van der Waals surface area contributed by atoms with Crippen molar-refractivity contribution in [3.05, 3.63) is 34.4 Å². The summed E-state index contributed by atoms with van der Waals surface area (Å²) in [5.74, 6) is -0.930. The summed E-state index contributed by atoms with van der Waals surface area (Å²) in [4.78, 5) is 18.6. The van der Waals surface area contributed by atoms with Crippen molar-refractivity contribution in [2.75, 3.05) is 14.2 Å². The first-order chi connectivity index (χ1) is 16.9. The minimum Gasteiger partial charge on any atom is -0.399 e. The number of nitro groups is 1. The molecule has 0 N–H and O–H groups in total. The molecule has 1 rings (SSSR count). The van der Waals surface area contributed by atoms with Crippen LogP contribution in [0.15, 0.2) is 39.5 Å². The van der Waals surface area contributed by atoms with Crippen LogP contribution in [0.4, 0.5) is 14.5 Å². The van der Waals surface area contributed by atoms with E-state index in [-0.39, 0.29) is 17.2 Å². The van der Waals surface area contributed by atoms with E-state index in [9.17, 15) is 27.3 Å². The van der Waals surface area contributed by atoms with E-state index >= 15 is 0 Å². The molecule has 0 saturated carbocycles. The van der Waals surface area contributed by atoms with Gasteiger partial charge in [0, 0.05) is 22.7 Å². The Morgan fingerprint density at radius 2 is 1.53 bits per heavy atom. The Hall–Kier alpha value is -2.19. The quantitative estimate of drug-likeness (QED) is 0.0910. The summed E-state index contributed by atoms with van der Waals surface area (Å²) in [5.41, 5.74) is -0.599. The summed E-state index contributed by atoms with van der Waals surface area (Å²) < 4.78 is 56.9. The molecular weight excluding hydrogens is 568 g/mol. The Balaban J connectivity index is 0.000000860. The molecule has 0 aliphatic rings. The van der Waals surface area contributed by atoms with Crippen LogP contribution in [0.25, 0.3) is 0 Å². The zero-order valence-corrected chi connectivity index (χ0v) is 23.5. The molecule has 0 unspecified atom stereocenters. The Labute approximate surface area is 219 Å². The molecule has 0 radical (unpaired) electrons. The molecule has 1 aromatic rings. The largest absolute Gasteiger partial charge is 0.399 e. The van der Waals surface area contributed by atoms with Gasteiger partial charge in [0.15, 0.2) is 4.90 Å². The summed E-state index contributed by atoms with van der Waals surface area (Å²) >= 11 is 3.39. The van der Waals surface area contributed by atoms with Gasteiger partial charge in [-0.3, -0.25) is 14.3 Å². The lowest BCUT2D eigenvalue weighted by molar-refractivity contribution is -0.387. The molecule has 6 atom stereocenters. The molecule has 0 aliphatic carbocycles. The average Bonchev–Trinajstić information content (AvgIpc) is 2.87. The number of nitro benzene ring substituents is 1. The van der Waals surface area contributed by atoms with Gasteiger partial charge in [0.25, 0.3) is 5.69 Å². The zero-order valence-electron chi connectivity index (χ0n) is 21.1. The fourth-order valence-electron chi connectivity index (χ4n) is 2.85. The maximum absolute atomic E-state index is 14.0. The smallest absolute Gasteiger partial charge is 0.304 e. The van der Waals surface area contributed by atoms with Crippen LogP contribution >= 0.6 is 15.9 Å². The first-order valence-corrected chi connectivity index (χ1v) is 13.4. The van der Waals surface area contributed by atoms with Crippen molar-refractivity contribution in [2.45, 2.75) is 68.7 Å². The lowest BCUT2D eigenvalue weighted by Crippen LogP contribution is -2.32. The Morgan fingerprint density at radius 3 is 1.97 bits per heavy atom. The molecule has 0 aliphatic heterocycles. The molecule has 36 heavy (non-hydrogen) atoms. The molecule has 0 saturated heterocycles. The van der Waals surface area contributed by atoms with Crippen LogP contribution in [0, 0.1) is 22.0 Å². The number of hydrogen-bond acceptors (Lipinski definition) is 9. The molecule has 14 heteroatoms. The lowest BCUT2D eigenvalue weighted by atomic mass is 9.98. The van der Waals surface area contributed by atoms with Crippen molar-refractivity contribution in [3.8, 4) is 0 Å². The molecule has 1 aromatic carbocycles. The Morgan fingerprint density at radius 1 is 1.03 bits per heavy atom. The van der Waals surface area contributed by atoms with Gasteiger partial charge in [-0.25, -0.2) is 8.78 Å². The minimum atomic E-state index is -4.43. The van der Waals surface area contributed by atoms with Gasteiger partial charge in [-0.15, -0.1) is 0 Å². The number of halogens is 3. The van der Waals surface area contributed by atoms with Gasteiger partial charge in [-0.2, -0.15) is 8.42 Å². The summed E-state index contributed by atoms with van der Waals surface area (Å²) in [6, 6.07) is 4.82. The third-order valence-corrected chi connectivity index (χ3v) is 8.02. The predicted octanol–water partition coefficient (Wildman–Crippen LogP) is 5.45. The van der Waals surface area contributed by atoms with E-state index in [0.29, 0.717) is 0 Å². The van der Waals surface area contributed by atoms with Gasteiger partial charge < -0.3 is 9.68 Å². The monoisotopic (exact) mass is 601 g/mol. The highest BCUT2D eigenvalue weighted by atomic mass is 79.9. The van der Waals surface area contributed by atoms with Gasteiger partial charge in [0.05, 0.1) is 23.5 Å². The first-order valence-electron chi connectivity index (χ1n) is 11.1. The van der Waals surface area contributed by atoms with Crippen molar-refractivity contribution in [1.29, 1.82) is 0 Å². The molecule has 0 fully saturated rings. The fourth-order valence-corrected chi connectivity index (χ4v) is 4.52. The van der Waals surface area contributed by atoms with E-state index in [1.165, 1.54) is 39.5 Å². The summed E-state index contributed by atoms with van der Waals surface area (Å²) in [5, 5.41) is 17.7. The van der Waals surface area contributed by atoms with E-state index in [2.05, 4.69) is 35.9 Å². The molecule has 206 valence electrons. The second-order valence-electron chi connectivity index (χ2n) is 7.63. The number of nitrogens with zero attached hydrogens (tertiary/aromatic N) is 3. The van der Waals surface area contributed by atoms with Gasteiger partial charge in [-0.05, 0) is 18.9 Å². The van der Waals surface area contributed by atoms with Gasteiger partial charge in [0.1, 0.15) is 26.6 Å². The Kier molecular flexibility index (Phi) is 16.2. The van der Waals surface area contributed by atoms with Crippen molar-refractivity contribution in [2.24, 2.45) is 22.1 Å². The van der Waals surface area contributed by atoms with Gasteiger partial charge in [-0.1, -0.05) is 66.1 Å². The standard InChI is InChI=1S/C14H19FN2O6S.C8H15BrFNO/c1-4-13(10(2)11(15)9-16-22-3)23-24(20,21)14-8-6-5-7-12(14)17(18)19;1-4-7(9)6(2)8(10)5-11-12-3/h5-11,13H,4H2,1-3H3;5-8H,4H2,1-3H3/t10-,11+,13+;6-,7+,8-/m01/s1. The highest BCUT2D eigenvalue weighted by Crippen LogP contribution is 2.28. The minimum absolute atomic E-state index is 0.0751. The number of alkyl halides is 3. The third-order valence-electron chi connectivity index (χ3n) is 5.15. The number of benzene rings is 1. The molecule has 0 aromatic heterocycles. The average molecular weight is 602 g/mol. The zero-order chi connectivity index (χ0) is 27.9. The molecule has 0 bridgehead atoms. The second kappa shape index (κ2) is 17.3. The van der Waals surface area contributed by atoms with Crippen LogP contribution in [-0.2, 0) is 24.0 Å². The maximum Gasteiger partial charge on any atom is 0.304 e. The van der Waals surface area contributed by atoms with Crippen LogP contribution in [0.3, 0.4) is 0 Å². The van der Waals surface area contributed by atoms with E-state index < -0.39 is 50.0 Å². The number of rotatable bonds is 14. The lowest BCUT2D eigenvalue weighted by Gasteiger charge is -2.23. The molecule has 0 amide bonds.